The van der Waals surface area contributed by atoms with Gasteiger partial charge in [0.1, 0.15) is 0 Å². The van der Waals surface area contributed by atoms with E-state index in [0.717, 1.165) is 24.0 Å². The Balaban J connectivity index is 1.62. The lowest BCUT2D eigenvalue weighted by Gasteiger charge is -2.14. The summed E-state index contributed by atoms with van der Waals surface area (Å²) in [6.45, 7) is 2.18. The second-order valence-electron chi connectivity index (χ2n) is 7.78. The SMILES string of the molecule is CCCc1ccccc1-[n+]1ccc(-c2cc[n+](C(c3ccccc3)P(=O)(O)O)cc2)cc1. The molecule has 0 aliphatic heterocycles. The predicted molar refractivity (Wildman–Crippen MR) is 124 cm³/mol. The first-order chi connectivity index (χ1) is 15.5. The number of hydrogen-bond donors (Lipinski definition) is 2. The highest BCUT2D eigenvalue weighted by Gasteiger charge is 2.38. The molecule has 1 atom stereocenters. The van der Waals surface area contributed by atoms with E-state index in [1.165, 1.54) is 11.3 Å². The van der Waals surface area contributed by atoms with E-state index in [1.54, 1.807) is 41.2 Å². The van der Waals surface area contributed by atoms with Crippen molar-refractivity contribution in [1.29, 1.82) is 0 Å². The van der Waals surface area contributed by atoms with Gasteiger partial charge >= 0.3 is 7.60 Å². The quantitative estimate of drug-likeness (QED) is 0.322. The fourth-order valence-corrected chi connectivity index (χ4v) is 5.04. The van der Waals surface area contributed by atoms with E-state index in [-0.39, 0.29) is 0 Å². The number of para-hydroxylation sites is 1. The third-order valence-corrected chi connectivity index (χ3v) is 6.71. The molecule has 162 valence electrons. The van der Waals surface area contributed by atoms with Crippen LogP contribution in [0.4, 0.5) is 0 Å². The smallest absolute Gasteiger partial charge is 0.320 e. The van der Waals surface area contributed by atoms with Gasteiger partial charge in [-0.3, -0.25) is 4.57 Å². The van der Waals surface area contributed by atoms with Gasteiger partial charge in [0.15, 0.2) is 24.8 Å². The van der Waals surface area contributed by atoms with Crippen LogP contribution in [-0.2, 0) is 11.0 Å². The molecule has 0 saturated heterocycles. The molecule has 2 aromatic carbocycles. The molecule has 0 amide bonds. The molecule has 4 rings (SSSR count). The number of rotatable bonds is 7. The Morgan fingerprint density at radius 2 is 1.34 bits per heavy atom. The molecule has 0 aliphatic carbocycles. The van der Waals surface area contributed by atoms with Gasteiger partial charge < -0.3 is 9.79 Å². The number of aryl methyl sites for hydroxylation is 1. The second-order valence-corrected chi connectivity index (χ2v) is 9.45. The molecule has 5 nitrogen and oxygen atoms in total. The normalized spacial score (nSPS) is 12.5. The molecule has 0 saturated carbocycles. The summed E-state index contributed by atoms with van der Waals surface area (Å²) in [6, 6.07) is 25.2. The number of aromatic nitrogens is 2. The molecule has 0 radical (unpaired) electrons. The van der Waals surface area contributed by atoms with Gasteiger partial charge in [0.05, 0.1) is 0 Å². The van der Waals surface area contributed by atoms with E-state index in [1.807, 2.05) is 30.6 Å². The summed E-state index contributed by atoms with van der Waals surface area (Å²) in [4.78, 5) is 19.9. The monoisotopic (exact) mass is 446 g/mol. The number of benzene rings is 2. The van der Waals surface area contributed by atoms with Gasteiger partial charge in [-0.1, -0.05) is 61.9 Å². The van der Waals surface area contributed by atoms with Crippen molar-refractivity contribution in [2.75, 3.05) is 0 Å². The van der Waals surface area contributed by atoms with E-state index in [9.17, 15) is 14.4 Å². The van der Waals surface area contributed by atoms with Crippen molar-refractivity contribution >= 4 is 7.60 Å². The summed E-state index contributed by atoms with van der Waals surface area (Å²) in [5.74, 6) is -1.05. The fourth-order valence-electron chi connectivity index (χ4n) is 3.98. The highest BCUT2D eigenvalue weighted by molar-refractivity contribution is 7.51. The van der Waals surface area contributed by atoms with Crippen LogP contribution in [0.15, 0.2) is 104 Å². The van der Waals surface area contributed by atoms with E-state index in [2.05, 4.69) is 47.9 Å². The van der Waals surface area contributed by atoms with Crippen LogP contribution in [0, 0.1) is 0 Å². The fraction of sp³-hybridized carbons (Fsp3) is 0.154. The number of nitrogens with zero attached hydrogens (tertiary/aromatic N) is 2. The lowest BCUT2D eigenvalue weighted by atomic mass is 10.1. The zero-order valence-electron chi connectivity index (χ0n) is 18.0. The highest BCUT2D eigenvalue weighted by atomic mass is 31.2. The first-order valence-corrected chi connectivity index (χ1v) is 12.4. The van der Waals surface area contributed by atoms with E-state index < -0.39 is 13.4 Å². The van der Waals surface area contributed by atoms with Crippen molar-refractivity contribution in [2.24, 2.45) is 0 Å². The van der Waals surface area contributed by atoms with Crippen molar-refractivity contribution in [3.05, 3.63) is 115 Å². The van der Waals surface area contributed by atoms with Gasteiger partial charge in [0.2, 0.25) is 5.69 Å². The Hall–Kier alpha value is -3.11. The Labute approximate surface area is 188 Å². The van der Waals surface area contributed by atoms with Crippen molar-refractivity contribution in [3.63, 3.8) is 0 Å². The number of pyridine rings is 2. The minimum Gasteiger partial charge on any atom is -0.320 e. The van der Waals surface area contributed by atoms with Crippen LogP contribution in [-0.4, -0.2) is 9.79 Å². The van der Waals surface area contributed by atoms with Crippen molar-refractivity contribution in [3.8, 4) is 16.8 Å². The molecule has 4 aromatic rings. The Morgan fingerprint density at radius 1 is 0.781 bits per heavy atom. The Kier molecular flexibility index (Phi) is 6.61. The van der Waals surface area contributed by atoms with Crippen LogP contribution in [0.3, 0.4) is 0 Å². The minimum atomic E-state index is -4.40. The molecule has 0 bridgehead atoms. The van der Waals surface area contributed by atoms with Gasteiger partial charge in [0, 0.05) is 41.5 Å². The first kappa shape index (κ1) is 22.1. The molecule has 2 heterocycles. The summed E-state index contributed by atoms with van der Waals surface area (Å²) in [6.07, 6.45) is 9.68. The molecule has 0 fully saturated rings. The molecule has 2 aromatic heterocycles. The lowest BCUT2D eigenvalue weighted by Crippen LogP contribution is -2.39. The number of hydrogen-bond acceptors (Lipinski definition) is 1. The average Bonchev–Trinajstić information content (AvgIpc) is 2.80. The van der Waals surface area contributed by atoms with Crippen molar-refractivity contribution < 1.29 is 23.5 Å². The molecule has 0 aliphatic rings. The van der Waals surface area contributed by atoms with E-state index in [4.69, 9.17) is 0 Å². The molecule has 6 heteroatoms. The molecular formula is C26H27N2O3P+2. The average molecular weight is 446 g/mol. The predicted octanol–water partition coefficient (Wildman–Crippen LogP) is 4.59. The molecular weight excluding hydrogens is 419 g/mol. The summed E-state index contributed by atoms with van der Waals surface area (Å²) in [7, 11) is -4.40. The third-order valence-electron chi connectivity index (χ3n) is 5.50. The van der Waals surface area contributed by atoms with Gasteiger partial charge in [0.25, 0.3) is 5.78 Å². The van der Waals surface area contributed by atoms with Crippen LogP contribution >= 0.6 is 7.60 Å². The minimum absolute atomic E-state index is 0.574. The summed E-state index contributed by atoms with van der Waals surface area (Å²) in [5, 5.41) is 0. The lowest BCUT2D eigenvalue weighted by molar-refractivity contribution is -0.695. The maximum Gasteiger partial charge on any atom is 0.398 e. The maximum absolute atomic E-state index is 12.2. The van der Waals surface area contributed by atoms with Crippen LogP contribution in [0.25, 0.3) is 16.8 Å². The van der Waals surface area contributed by atoms with Crippen LogP contribution < -0.4 is 9.13 Å². The van der Waals surface area contributed by atoms with Gasteiger partial charge in [-0.05, 0) is 17.5 Å². The zero-order chi connectivity index (χ0) is 22.6. The van der Waals surface area contributed by atoms with Crippen molar-refractivity contribution in [2.45, 2.75) is 25.5 Å². The first-order valence-electron chi connectivity index (χ1n) is 10.7. The van der Waals surface area contributed by atoms with Crippen LogP contribution in [0.1, 0.15) is 30.3 Å². The molecule has 1 unspecified atom stereocenters. The van der Waals surface area contributed by atoms with Crippen molar-refractivity contribution in [1.82, 2.24) is 0 Å². The van der Waals surface area contributed by atoms with Gasteiger partial charge in [-0.25, -0.2) is 0 Å². The van der Waals surface area contributed by atoms with E-state index in [0.29, 0.717) is 5.56 Å². The van der Waals surface area contributed by atoms with Gasteiger partial charge in [-0.15, -0.1) is 0 Å². The summed E-state index contributed by atoms with van der Waals surface area (Å²) < 4.78 is 15.9. The molecule has 32 heavy (non-hydrogen) atoms. The third kappa shape index (κ3) is 4.86. The largest absolute Gasteiger partial charge is 0.398 e. The Morgan fingerprint density at radius 3 is 1.94 bits per heavy atom. The molecule has 2 N–H and O–H groups in total. The highest BCUT2D eigenvalue weighted by Crippen LogP contribution is 2.49. The van der Waals surface area contributed by atoms with E-state index >= 15 is 0 Å². The summed E-state index contributed by atoms with van der Waals surface area (Å²) in [5.41, 5.74) is 5.09. The second kappa shape index (κ2) is 9.58. The zero-order valence-corrected chi connectivity index (χ0v) is 18.8. The standard InChI is InChI=1S/C26H25N2O3P/c1-2-8-23-9-6-7-12-25(23)27-17-13-21(14-18-27)22-15-19-28(20-16-22)26(32(29,30)31)24-10-4-3-5-11-24/h3-7,9-20,26H,2,8H2,1H3/p+2. The van der Waals surface area contributed by atoms with Crippen LogP contribution in [0.2, 0.25) is 0 Å². The topological polar surface area (TPSA) is 65.3 Å². The Bertz CT molecular complexity index is 1220. The maximum atomic E-state index is 12.2. The summed E-state index contributed by atoms with van der Waals surface area (Å²) >= 11 is 0. The van der Waals surface area contributed by atoms with Crippen LogP contribution in [0.5, 0.6) is 0 Å². The molecule has 0 spiro atoms. The van der Waals surface area contributed by atoms with Gasteiger partial charge in [-0.2, -0.15) is 9.13 Å².